The molecular weight excluding hydrogens is 344 g/mol. The lowest BCUT2D eigenvalue weighted by Crippen LogP contribution is -1.98. The van der Waals surface area contributed by atoms with Gasteiger partial charge < -0.3 is 9.47 Å². The van der Waals surface area contributed by atoms with Gasteiger partial charge in [-0.2, -0.15) is 0 Å². The molecule has 2 heteroatoms. The fourth-order valence-electron chi connectivity index (χ4n) is 3.62. The second-order valence-electron chi connectivity index (χ2n) is 6.51. The van der Waals surface area contributed by atoms with Crippen LogP contribution < -0.4 is 9.47 Å². The number of methoxy groups -OCH3 is 2. The minimum absolute atomic E-state index is 0.824. The first-order chi connectivity index (χ1) is 13.8. The van der Waals surface area contributed by atoms with Crippen molar-refractivity contribution in [3.63, 3.8) is 0 Å². The average molecular weight is 366 g/mol. The van der Waals surface area contributed by atoms with Crippen LogP contribution in [-0.4, -0.2) is 14.2 Å². The van der Waals surface area contributed by atoms with Crippen LogP contribution in [0.15, 0.2) is 97.1 Å². The van der Waals surface area contributed by atoms with E-state index < -0.39 is 0 Å². The summed E-state index contributed by atoms with van der Waals surface area (Å²) in [4.78, 5) is 0. The molecule has 0 aromatic heterocycles. The van der Waals surface area contributed by atoms with E-state index in [1.54, 1.807) is 14.2 Å². The number of benzene rings is 4. The van der Waals surface area contributed by atoms with Gasteiger partial charge in [0.1, 0.15) is 11.5 Å². The van der Waals surface area contributed by atoms with Gasteiger partial charge in [-0.15, -0.1) is 0 Å². The molecule has 0 amide bonds. The van der Waals surface area contributed by atoms with Crippen LogP contribution in [0.3, 0.4) is 0 Å². The van der Waals surface area contributed by atoms with Crippen molar-refractivity contribution < 1.29 is 9.47 Å². The van der Waals surface area contributed by atoms with E-state index in [1.165, 1.54) is 0 Å². The van der Waals surface area contributed by atoms with Gasteiger partial charge in [-0.1, -0.05) is 91.0 Å². The number of ether oxygens (including phenoxy) is 2. The highest BCUT2D eigenvalue weighted by molar-refractivity contribution is 5.96. The zero-order valence-electron chi connectivity index (χ0n) is 16.1. The maximum atomic E-state index is 5.99. The van der Waals surface area contributed by atoms with Crippen molar-refractivity contribution in [3.8, 4) is 44.9 Å². The number of hydrogen-bond donors (Lipinski definition) is 0. The van der Waals surface area contributed by atoms with E-state index in [-0.39, 0.29) is 0 Å². The molecule has 0 fully saturated rings. The van der Waals surface area contributed by atoms with Crippen molar-refractivity contribution in [2.24, 2.45) is 0 Å². The van der Waals surface area contributed by atoms with Gasteiger partial charge in [0.25, 0.3) is 0 Å². The highest BCUT2D eigenvalue weighted by Crippen LogP contribution is 2.49. The predicted molar refractivity (Wildman–Crippen MR) is 116 cm³/mol. The van der Waals surface area contributed by atoms with Crippen molar-refractivity contribution in [1.29, 1.82) is 0 Å². The molecule has 0 saturated carbocycles. The topological polar surface area (TPSA) is 18.5 Å². The van der Waals surface area contributed by atoms with Gasteiger partial charge in [-0.25, -0.2) is 0 Å². The molecule has 0 aliphatic heterocycles. The molecule has 4 aromatic rings. The van der Waals surface area contributed by atoms with Gasteiger partial charge in [0, 0.05) is 16.7 Å². The average Bonchev–Trinajstić information content (AvgIpc) is 2.79. The van der Waals surface area contributed by atoms with Crippen molar-refractivity contribution in [2.75, 3.05) is 14.2 Å². The van der Waals surface area contributed by atoms with Crippen molar-refractivity contribution >= 4 is 0 Å². The highest BCUT2D eigenvalue weighted by atomic mass is 16.5. The Morgan fingerprint density at radius 2 is 0.964 bits per heavy atom. The minimum atomic E-state index is 0.824. The summed E-state index contributed by atoms with van der Waals surface area (Å²) in [6.07, 6.45) is 0. The minimum Gasteiger partial charge on any atom is -0.496 e. The molecule has 0 atom stereocenters. The number of hydrogen-bond acceptors (Lipinski definition) is 2. The third-order valence-corrected chi connectivity index (χ3v) is 4.88. The molecule has 138 valence electrons. The SMILES string of the molecule is COc1cc(-c2ccccc2)c(OC)c(-c2ccccc2)c1-c1ccccc1. The van der Waals surface area contributed by atoms with E-state index >= 15 is 0 Å². The van der Waals surface area contributed by atoms with Gasteiger partial charge in [-0.3, -0.25) is 0 Å². The Morgan fingerprint density at radius 3 is 1.43 bits per heavy atom. The molecule has 0 bridgehead atoms. The Kier molecular flexibility index (Phi) is 5.11. The Morgan fingerprint density at radius 1 is 0.500 bits per heavy atom. The van der Waals surface area contributed by atoms with Gasteiger partial charge in [0.15, 0.2) is 0 Å². The summed E-state index contributed by atoms with van der Waals surface area (Å²) in [6.45, 7) is 0. The molecule has 0 aliphatic rings. The van der Waals surface area contributed by atoms with Crippen LogP contribution in [0.1, 0.15) is 0 Å². The summed E-state index contributed by atoms with van der Waals surface area (Å²) in [6, 6.07) is 33.0. The molecule has 4 aromatic carbocycles. The molecule has 0 radical (unpaired) electrons. The van der Waals surface area contributed by atoms with Crippen LogP contribution in [-0.2, 0) is 0 Å². The fourth-order valence-corrected chi connectivity index (χ4v) is 3.62. The van der Waals surface area contributed by atoms with Crippen molar-refractivity contribution in [3.05, 3.63) is 97.1 Å². The Bertz CT molecular complexity index is 1060. The smallest absolute Gasteiger partial charge is 0.135 e. The van der Waals surface area contributed by atoms with Gasteiger partial charge in [0.05, 0.1) is 14.2 Å². The second kappa shape index (κ2) is 8.01. The fraction of sp³-hybridized carbons (Fsp3) is 0.0769. The van der Waals surface area contributed by atoms with Crippen LogP contribution in [0.2, 0.25) is 0 Å². The zero-order chi connectivity index (χ0) is 19.3. The standard InChI is InChI=1S/C26H22O2/c1-27-23-18-22(19-12-6-3-7-13-19)26(28-2)25(21-16-10-5-11-17-21)24(23)20-14-8-4-9-15-20/h3-18H,1-2H3. The molecule has 4 rings (SSSR count). The van der Waals surface area contributed by atoms with Gasteiger partial charge in [0.2, 0.25) is 0 Å². The van der Waals surface area contributed by atoms with Crippen LogP contribution in [0, 0.1) is 0 Å². The molecule has 0 aliphatic carbocycles. The monoisotopic (exact) mass is 366 g/mol. The van der Waals surface area contributed by atoms with E-state index in [0.29, 0.717) is 0 Å². The number of rotatable bonds is 5. The molecule has 28 heavy (non-hydrogen) atoms. The summed E-state index contributed by atoms with van der Waals surface area (Å²) in [5, 5.41) is 0. The molecule has 0 heterocycles. The van der Waals surface area contributed by atoms with Gasteiger partial charge in [-0.05, 0) is 22.8 Å². The lowest BCUT2D eigenvalue weighted by atomic mass is 9.88. The molecule has 2 nitrogen and oxygen atoms in total. The summed E-state index contributed by atoms with van der Waals surface area (Å²) >= 11 is 0. The van der Waals surface area contributed by atoms with E-state index in [1.807, 2.05) is 54.6 Å². The maximum absolute atomic E-state index is 5.99. The van der Waals surface area contributed by atoms with E-state index in [0.717, 1.165) is 44.9 Å². The first-order valence-corrected chi connectivity index (χ1v) is 9.28. The Hall–Kier alpha value is -3.52. The normalized spacial score (nSPS) is 10.5. The third kappa shape index (κ3) is 3.25. The third-order valence-electron chi connectivity index (χ3n) is 4.88. The first-order valence-electron chi connectivity index (χ1n) is 9.28. The van der Waals surface area contributed by atoms with Crippen LogP contribution in [0.5, 0.6) is 11.5 Å². The summed E-state index contributed by atoms with van der Waals surface area (Å²) < 4.78 is 11.9. The molecule has 0 saturated heterocycles. The van der Waals surface area contributed by atoms with Crippen LogP contribution in [0.25, 0.3) is 33.4 Å². The Balaban J connectivity index is 2.12. The van der Waals surface area contributed by atoms with Crippen molar-refractivity contribution in [2.45, 2.75) is 0 Å². The van der Waals surface area contributed by atoms with E-state index in [2.05, 4.69) is 42.5 Å². The second-order valence-corrected chi connectivity index (χ2v) is 6.51. The van der Waals surface area contributed by atoms with Crippen LogP contribution in [0.4, 0.5) is 0 Å². The summed E-state index contributed by atoms with van der Waals surface area (Å²) in [5.74, 6) is 1.67. The van der Waals surface area contributed by atoms with E-state index in [9.17, 15) is 0 Å². The predicted octanol–water partition coefficient (Wildman–Crippen LogP) is 6.70. The Labute approximate surface area is 166 Å². The van der Waals surface area contributed by atoms with Gasteiger partial charge >= 0.3 is 0 Å². The highest BCUT2D eigenvalue weighted by Gasteiger charge is 2.22. The molecule has 0 unspecified atom stereocenters. The lowest BCUT2D eigenvalue weighted by Gasteiger charge is -2.21. The largest absolute Gasteiger partial charge is 0.496 e. The molecule has 0 spiro atoms. The first kappa shape index (κ1) is 17.9. The summed E-state index contributed by atoms with van der Waals surface area (Å²) in [7, 11) is 3.45. The lowest BCUT2D eigenvalue weighted by molar-refractivity contribution is 0.407. The van der Waals surface area contributed by atoms with Crippen LogP contribution >= 0.6 is 0 Å². The molecular formula is C26H22O2. The zero-order valence-corrected chi connectivity index (χ0v) is 16.1. The quantitative estimate of drug-likeness (QED) is 0.391. The van der Waals surface area contributed by atoms with E-state index in [4.69, 9.17) is 9.47 Å². The van der Waals surface area contributed by atoms with Crippen molar-refractivity contribution in [1.82, 2.24) is 0 Å². The maximum Gasteiger partial charge on any atom is 0.135 e. The summed E-state index contributed by atoms with van der Waals surface area (Å²) in [5.41, 5.74) is 6.36. The molecule has 0 N–H and O–H groups in total.